The molecule has 0 radical (unpaired) electrons. The minimum atomic E-state index is 0.275. The summed E-state index contributed by atoms with van der Waals surface area (Å²) < 4.78 is 13.6. The van der Waals surface area contributed by atoms with Crippen LogP contribution in [0.2, 0.25) is 0 Å². The number of thioether (sulfide) groups is 1. The lowest BCUT2D eigenvalue weighted by atomic mass is 10.1. The number of nitrogens with one attached hydrogen (secondary N) is 1. The van der Waals surface area contributed by atoms with Gasteiger partial charge in [-0.3, -0.25) is 4.90 Å². The lowest BCUT2D eigenvalue weighted by Gasteiger charge is -2.36. The normalized spacial score (nSPS) is 20.6. The van der Waals surface area contributed by atoms with E-state index in [4.69, 9.17) is 9.47 Å². The van der Waals surface area contributed by atoms with Gasteiger partial charge in [-0.15, -0.1) is 11.8 Å². The van der Waals surface area contributed by atoms with Crippen LogP contribution in [0.15, 0.2) is 29.4 Å². The summed E-state index contributed by atoms with van der Waals surface area (Å²) in [5.74, 6) is 2.83. The molecule has 4 rings (SSSR count). The van der Waals surface area contributed by atoms with Crippen LogP contribution in [0.4, 0.5) is 0 Å². The fraction of sp³-hybridized carbons (Fsp3) is 0.500. The molecule has 1 fully saturated rings. The average molecular weight is 360 g/mol. The quantitative estimate of drug-likeness (QED) is 0.843. The zero-order valence-corrected chi connectivity index (χ0v) is 15.5. The zero-order chi connectivity index (χ0) is 17.2. The number of benzene rings is 1. The van der Waals surface area contributed by atoms with Crippen LogP contribution in [0.3, 0.4) is 0 Å². The Morgan fingerprint density at radius 3 is 2.80 bits per heavy atom. The van der Waals surface area contributed by atoms with Crippen molar-refractivity contribution in [3.05, 3.63) is 35.9 Å². The first kappa shape index (κ1) is 16.8. The Morgan fingerprint density at radius 2 is 2.08 bits per heavy atom. The van der Waals surface area contributed by atoms with Gasteiger partial charge in [0.25, 0.3) is 0 Å². The molecule has 2 aliphatic rings. The molecule has 25 heavy (non-hydrogen) atoms. The topological polar surface area (TPSA) is 51.6 Å². The summed E-state index contributed by atoms with van der Waals surface area (Å²) in [6.45, 7) is 5.05. The van der Waals surface area contributed by atoms with Crippen molar-refractivity contribution >= 4 is 11.8 Å². The molecule has 1 aromatic heterocycles. The van der Waals surface area contributed by atoms with Crippen LogP contribution in [0.25, 0.3) is 0 Å². The predicted octanol–water partition coefficient (Wildman–Crippen LogP) is 2.06. The first-order chi connectivity index (χ1) is 12.3. The van der Waals surface area contributed by atoms with Gasteiger partial charge in [-0.25, -0.2) is 4.98 Å². The molecule has 0 saturated carbocycles. The molecule has 3 heterocycles. The number of rotatable bonds is 4. The van der Waals surface area contributed by atoms with E-state index < -0.39 is 0 Å². The van der Waals surface area contributed by atoms with Gasteiger partial charge in [0.05, 0.1) is 6.04 Å². The number of hydrogen-bond donors (Lipinski definition) is 1. The van der Waals surface area contributed by atoms with Gasteiger partial charge in [-0.05, 0) is 24.0 Å². The van der Waals surface area contributed by atoms with E-state index >= 15 is 0 Å². The van der Waals surface area contributed by atoms with Crippen LogP contribution in [0.1, 0.15) is 17.4 Å². The van der Waals surface area contributed by atoms with Crippen molar-refractivity contribution in [3.63, 3.8) is 0 Å². The number of ether oxygens (including phenoxy) is 2. The smallest absolute Gasteiger partial charge is 0.162 e. The van der Waals surface area contributed by atoms with Crippen molar-refractivity contribution < 1.29 is 9.47 Å². The molecule has 6 nitrogen and oxygen atoms in total. The highest BCUT2D eigenvalue weighted by Crippen LogP contribution is 2.38. The lowest BCUT2D eigenvalue weighted by molar-refractivity contribution is 0.142. The van der Waals surface area contributed by atoms with Crippen LogP contribution >= 0.6 is 11.8 Å². The van der Waals surface area contributed by atoms with E-state index in [1.807, 2.05) is 12.4 Å². The van der Waals surface area contributed by atoms with Crippen molar-refractivity contribution in [2.24, 2.45) is 7.05 Å². The van der Waals surface area contributed by atoms with Crippen LogP contribution in [-0.4, -0.2) is 53.6 Å². The van der Waals surface area contributed by atoms with Crippen LogP contribution in [0.5, 0.6) is 11.5 Å². The molecule has 1 atom stereocenters. The summed E-state index contributed by atoms with van der Waals surface area (Å²) in [6.07, 6.45) is 6.00. The molecule has 1 unspecified atom stereocenters. The summed E-state index contributed by atoms with van der Waals surface area (Å²) >= 11 is 1.76. The minimum absolute atomic E-state index is 0.275. The van der Waals surface area contributed by atoms with Gasteiger partial charge in [0.2, 0.25) is 0 Å². The minimum Gasteiger partial charge on any atom is -0.486 e. The Labute approximate surface area is 152 Å². The maximum Gasteiger partial charge on any atom is 0.162 e. The molecular formula is C18H24N4O2S. The van der Waals surface area contributed by atoms with Gasteiger partial charge in [0.1, 0.15) is 19.0 Å². The molecule has 7 heteroatoms. The molecule has 0 amide bonds. The Hall–Kier alpha value is -1.70. The fourth-order valence-corrected chi connectivity index (χ4v) is 4.14. The van der Waals surface area contributed by atoms with Gasteiger partial charge in [0, 0.05) is 50.5 Å². The summed E-state index contributed by atoms with van der Waals surface area (Å²) in [7, 11) is 2.06. The molecule has 2 aliphatic heterocycles. The van der Waals surface area contributed by atoms with Gasteiger partial charge in [-0.2, -0.15) is 0 Å². The van der Waals surface area contributed by atoms with Crippen LogP contribution in [-0.2, 0) is 13.6 Å². The fourth-order valence-electron chi connectivity index (χ4n) is 3.53. The molecule has 1 saturated heterocycles. The molecule has 2 aromatic rings. The Morgan fingerprint density at radius 1 is 1.28 bits per heavy atom. The van der Waals surface area contributed by atoms with E-state index in [-0.39, 0.29) is 6.04 Å². The van der Waals surface area contributed by atoms with E-state index in [0.717, 1.165) is 43.5 Å². The van der Waals surface area contributed by atoms with Gasteiger partial charge < -0.3 is 19.4 Å². The van der Waals surface area contributed by atoms with E-state index in [0.29, 0.717) is 13.2 Å². The third-order valence-electron chi connectivity index (χ3n) is 4.83. The van der Waals surface area contributed by atoms with Crippen LogP contribution < -0.4 is 14.8 Å². The maximum absolute atomic E-state index is 5.79. The number of hydrogen-bond acceptors (Lipinski definition) is 6. The van der Waals surface area contributed by atoms with Crippen molar-refractivity contribution in [1.82, 2.24) is 19.8 Å². The first-order valence-electron chi connectivity index (χ1n) is 8.65. The number of imidazole rings is 1. The standard InChI is InChI=1S/C18H24N4O2S/c1-21-5-4-20-18(21)14-11-19-3-6-22(14)12-13-9-15-16(10-17(13)25-2)24-8-7-23-15/h4-5,9-10,14,19H,3,6-8,11-12H2,1-2H3. The van der Waals surface area contributed by atoms with Gasteiger partial charge >= 0.3 is 0 Å². The number of aryl methyl sites for hydroxylation is 1. The van der Waals surface area contributed by atoms with E-state index in [2.05, 4.69) is 45.2 Å². The number of piperazine rings is 1. The Balaban J connectivity index is 1.62. The van der Waals surface area contributed by atoms with Crippen molar-refractivity contribution in [2.45, 2.75) is 17.5 Å². The average Bonchev–Trinajstić information content (AvgIpc) is 3.07. The molecule has 1 aromatic carbocycles. The van der Waals surface area contributed by atoms with E-state index in [9.17, 15) is 0 Å². The second-order valence-electron chi connectivity index (χ2n) is 6.39. The summed E-state index contributed by atoms with van der Waals surface area (Å²) in [5.41, 5.74) is 1.29. The second-order valence-corrected chi connectivity index (χ2v) is 7.24. The Kier molecular flexibility index (Phi) is 4.87. The zero-order valence-electron chi connectivity index (χ0n) is 14.7. The Bertz CT molecular complexity index is 749. The molecule has 0 bridgehead atoms. The number of nitrogens with zero attached hydrogens (tertiary/aromatic N) is 3. The van der Waals surface area contributed by atoms with Gasteiger partial charge in [0.15, 0.2) is 11.5 Å². The molecular weight excluding hydrogens is 336 g/mol. The van der Waals surface area contributed by atoms with Gasteiger partial charge in [-0.1, -0.05) is 0 Å². The summed E-state index contributed by atoms with van der Waals surface area (Å²) in [6, 6.07) is 4.54. The number of aromatic nitrogens is 2. The van der Waals surface area contributed by atoms with Crippen molar-refractivity contribution in [1.29, 1.82) is 0 Å². The first-order valence-corrected chi connectivity index (χ1v) is 9.87. The molecule has 134 valence electrons. The SMILES string of the molecule is CSc1cc2c(cc1CN1CCNCC1c1nccn1C)OCCO2. The van der Waals surface area contributed by atoms with Crippen LogP contribution in [0, 0.1) is 0 Å². The lowest BCUT2D eigenvalue weighted by Crippen LogP contribution is -2.46. The van der Waals surface area contributed by atoms with Crippen molar-refractivity contribution in [3.8, 4) is 11.5 Å². The van der Waals surface area contributed by atoms with E-state index in [1.54, 1.807) is 11.8 Å². The molecule has 0 aliphatic carbocycles. The number of fused-ring (bicyclic) bond motifs is 1. The third-order valence-corrected chi connectivity index (χ3v) is 5.65. The van der Waals surface area contributed by atoms with Crippen molar-refractivity contribution in [2.75, 3.05) is 39.1 Å². The second kappa shape index (κ2) is 7.27. The third kappa shape index (κ3) is 3.36. The summed E-state index contributed by atoms with van der Waals surface area (Å²) in [4.78, 5) is 8.33. The molecule has 0 spiro atoms. The monoisotopic (exact) mass is 360 g/mol. The maximum atomic E-state index is 5.79. The highest BCUT2D eigenvalue weighted by atomic mass is 32.2. The highest BCUT2D eigenvalue weighted by molar-refractivity contribution is 7.98. The molecule has 1 N–H and O–H groups in total. The van der Waals surface area contributed by atoms with E-state index in [1.165, 1.54) is 10.5 Å². The predicted molar refractivity (Wildman–Crippen MR) is 98.4 cm³/mol. The highest BCUT2D eigenvalue weighted by Gasteiger charge is 2.28. The largest absolute Gasteiger partial charge is 0.486 e. The summed E-state index contributed by atoms with van der Waals surface area (Å²) in [5, 5.41) is 3.50.